The van der Waals surface area contributed by atoms with Crippen LogP contribution in [0, 0.1) is 5.41 Å². The molecule has 4 nitrogen and oxygen atoms in total. The lowest BCUT2D eigenvalue weighted by molar-refractivity contribution is -0.0766. The molecule has 4 heteroatoms. The van der Waals surface area contributed by atoms with Crippen molar-refractivity contribution in [1.29, 1.82) is 0 Å². The van der Waals surface area contributed by atoms with Gasteiger partial charge < -0.3 is 18.9 Å². The first-order chi connectivity index (χ1) is 11.2. The van der Waals surface area contributed by atoms with Crippen LogP contribution in [-0.4, -0.2) is 25.8 Å². The van der Waals surface area contributed by atoms with Crippen LogP contribution in [0.5, 0.6) is 11.5 Å². The minimum Gasteiger partial charge on any atom is -0.461 e. The van der Waals surface area contributed by atoms with E-state index >= 15 is 0 Å². The van der Waals surface area contributed by atoms with Crippen LogP contribution < -0.4 is 9.47 Å². The molecule has 1 aromatic carbocycles. The van der Waals surface area contributed by atoms with Crippen molar-refractivity contribution in [2.75, 3.05) is 13.2 Å². The topological polar surface area (TPSA) is 36.9 Å². The van der Waals surface area contributed by atoms with Gasteiger partial charge in [0.25, 0.3) is 0 Å². The van der Waals surface area contributed by atoms with Gasteiger partial charge in [0.1, 0.15) is 0 Å². The molecule has 0 saturated heterocycles. The maximum atomic E-state index is 5.97. The maximum absolute atomic E-state index is 5.97. The molecule has 0 saturated carbocycles. The zero-order valence-electron chi connectivity index (χ0n) is 16.5. The normalized spacial score (nSPS) is 15.7. The molecule has 1 aromatic rings. The van der Waals surface area contributed by atoms with Gasteiger partial charge in [-0.25, -0.2) is 0 Å². The highest BCUT2D eigenvalue weighted by Crippen LogP contribution is 2.39. The molecule has 0 aliphatic rings. The monoisotopic (exact) mass is 338 g/mol. The van der Waals surface area contributed by atoms with Crippen LogP contribution >= 0.6 is 0 Å². The molecule has 0 amide bonds. The van der Waals surface area contributed by atoms with Crippen molar-refractivity contribution in [3.63, 3.8) is 0 Å². The molecular formula is C20H34O4. The predicted molar refractivity (Wildman–Crippen MR) is 97.7 cm³/mol. The summed E-state index contributed by atoms with van der Waals surface area (Å²) in [6.07, 6.45) is -0.661. The molecule has 1 rings (SSSR count). The number of hydrogen-bond donors (Lipinski definition) is 0. The van der Waals surface area contributed by atoms with Gasteiger partial charge in [0.05, 0.1) is 0 Å². The van der Waals surface area contributed by atoms with E-state index in [4.69, 9.17) is 18.9 Å². The molecule has 0 N–H and O–H groups in total. The van der Waals surface area contributed by atoms with Crippen LogP contribution in [0.1, 0.15) is 66.9 Å². The van der Waals surface area contributed by atoms with Crippen LogP contribution in [0.25, 0.3) is 0 Å². The summed E-state index contributed by atoms with van der Waals surface area (Å²) in [5.41, 5.74) is 1.39. The Morgan fingerprint density at radius 3 is 1.79 bits per heavy atom. The summed E-state index contributed by atoms with van der Waals surface area (Å²) in [4.78, 5) is 0. The van der Waals surface area contributed by atoms with Crippen LogP contribution in [0.3, 0.4) is 0 Å². The van der Waals surface area contributed by atoms with Gasteiger partial charge in [-0.2, -0.15) is 0 Å². The molecule has 0 aliphatic carbocycles. The lowest BCUT2D eigenvalue weighted by atomic mass is 9.78. The Labute approximate surface area is 147 Å². The van der Waals surface area contributed by atoms with Gasteiger partial charge in [-0.1, -0.05) is 33.8 Å². The van der Waals surface area contributed by atoms with Gasteiger partial charge in [0.2, 0.25) is 0 Å². The quantitative estimate of drug-likeness (QED) is 0.568. The van der Waals surface area contributed by atoms with E-state index in [0.29, 0.717) is 30.6 Å². The van der Waals surface area contributed by atoms with Crippen LogP contribution in [-0.2, 0) is 9.47 Å². The molecule has 3 unspecified atom stereocenters. The Balaban J connectivity index is 3.09. The summed E-state index contributed by atoms with van der Waals surface area (Å²) in [5.74, 6) is 1.75. The van der Waals surface area contributed by atoms with Gasteiger partial charge >= 0.3 is 0 Å². The second-order valence-corrected chi connectivity index (χ2v) is 7.08. The van der Waals surface area contributed by atoms with Gasteiger partial charge in [0.15, 0.2) is 24.1 Å². The first kappa shape index (κ1) is 20.8. The smallest absolute Gasteiger partial charge is 0.197 e. The Morgan fingerprint density at radius 2 is 1.33 bits per heavy atom. The van der Waals surface area contributed by atoms with E-state index in [2.05, 4.69) is 39.8 Å². The van der Waals surface area contributed by atoms with E-state index < -0.39 is 0 Å². The summed E-state index contributed by atoms with van der Waals surface area (Å²) >= 11 is 0. The fraction of sp³-hybridized carbons (Fsp3) is 0.700. The third kappa shape index (κ3) is 6.33. The fourth-order valence-corrected chi connectivity index (χ4v) is 2.38. The molecule has 24 heavy (non-hydrogen) atoms. The average molecular weight is 338 g/mol. The van der Waals surface area contributed by atoms with Crippen molar-refractivity contribution in [2.45, 2.75) is 73.9 Å². The van der Waals surface area contributed by atoms with E-state index in [-0.39, 0.29) is 18.0 Å². The number of ether oxygens (including phenoxy) is 4. The summed E-state index contributed by atoms with van der Waals surface area (Å²) in [6, 6.07) is 6.11. The molecule has 0 bridgehead atoms. The van der Waals surface area contributed by atoms with E-state index in [1.807, 2.05) is 33.8 Å². The lowest BCUT2D eigenvalue weighted by Gasteiger charge is -2.29. The van der Waals surface area contributed by atoms with Gasteiger partial charge in [-0.15, -0.1) is 0 Å². The second-order valence-electron chi connectivity index (χ2n) is 7.08. The molecule has 0 spiro atoms. The lowest BCUT2D eigenvalue weighted by Crippen LogP contribution is -2.20. The van der Waals surface area contributed by atoms with E-state index in [1.54, 1.807) is 0 Å². The van der Waals surface area contributed by atoms with Crippen LogP contribution in [0.15, 0.2) is 18.2 Å². The Kier molecular flexibility index (Phi) is 8.04. The van der Waals surface area contributed by atoms with Gasteiger partial charge in [-0.3, -0.25) is 0 Å². The SMILES string of the molecule is CCOC(C)Oc1ccc(C(C)C(C)(C)C)cc1OC(C)OCC. The molecule has 0 heterocycles. The summed E-state index contributed by atoms with van der Waals surface area (Å²) in [5, 5.41) is 0. The molecule has 138 valence electrons. The predicted octanol–water partition coefficient (Wildman–Crippen LogP) is 5.36. The minimum absolute atomic E-state index is 0.170. The average Bonchev–Trinajstić information content (AvgIpc) is 2.47. The third-order valence-electron chi connectivity index (χ3n) is 4.16. The van der Waals surface area contributed by atoms with E-state index in [9.17, 15) is 0 Å². The third-order valence-corrected chi connectivity index (χ3v) is 4.16. The zero-order chi connectivity index (χ0) is 18.3. The van der Waals surface area contributed by atoms with Crippen molar-refractivity contribution in [3.05, 3.63) is 23.8 Å². The number of benzene rings is 1. The van der Waals surface area contributed by atoms with Gasteiger partial charge in [-0.05, 0) is 56.7 Å². The van der Waals surface area contributed by atoms with Crippen molar-refractivity contribution in [2.24, 2.45) is 5.41 Å². The van der Waals surface area contributed by atoms with E-state index in [0.717, 1.165) is 0 Å². The second kappa shape index (κ2) is 9.28. The molecular weight excluding hydrogens is 304 g/mol. The fourth-order valence-electron chi connectivity index (χ4n) is 2.38. The van der Waals surface area contributed by atoms with Crippen molar-refractivity contribution in [1.82, 2.24) is 0 Å². The summed E-state index contributed by atoms with van der Waals surface area (Å²) in [7, 11) is 0. The zero-order valence-corrected chi connectivity index (χ0v) is 16.5. The summed E-state index contributed by atoms with van der Waals surface area (Å²) < 4.78 is 22.8. The van der Waals surface area contributed by atoms with Crippen molar-refractivity contribution < 1.29 is 18.9 Å². The maximum Gasteiger partial charge on any atom is 0.197 e. The van der Waals surface area contributed by atoms with Gasteiger partial charge in [0, 0.05) is 13.2 Å². The molecule has 0 fully saturated rings. The highest BCUT2D eigenvalue weighted by molar-refractivity contribution is 5.44. The molecule has 3 atom stereocenters. The minimum atomic E-state index is -0.333. The number of hydrogen-bond acceptors (Lipinski definition) is 4. The van der Waals surface area contributed by atoms with E-state index in [1.165, 1.54) is 5.56 Å². The number of rotatable bonds is 9. The highest BCUT2D eigenvalue weighted by Gasteiger charge is 2.23. The first-order valence-electron chi connectivity index (χ1n) is 8.89. The molecule has 0 radical (unpaired) electrons. The van der Waals surface area contributed by atoms with Crippen molar-refractivity contribution in [3.8, 4) is 11.5 Å². The van der Waals surface area contributed by atoms with Crippen molar-refractivity contribution >= 4 is 0 Å². The standard InChI is InChI=1S/C20H34O4/c1-9-21-15(4)23-18-12-11-17(14(3)20(6,7)8)13-19(18)24-16(5)22-10-2/h11-16H,9-10H2,1-8H3. The highest BCUT2D eigenvalue weighted by atomic mass is 16.7. The Hall–Kier alpha value is -1.26. The van der Waals surface area contributed by atoms with Crippen LogP contribution in [0.4, 0.5) is 0 Å². The van der Waals surface area contributed by atoms with Crippen LogP contribution in [0.2, 0.25) is 0 Å². The molecule has 0 aromatic heterocycles. The summed E-state index contributed by atoms with van der Waals surface area (Å²) in [6.45, 7) is 17.8. The largest absolute Gasteiger partial charge is 0.461 e. The first-order valence-corrected chi connectivity index (χ1v) is 8.89. The Bertz CT molecular complexity index is 493. The Morgan fingerprint density at radius 1 is 0.833 bits per heavy atom. The molecule has 0 aliphatic heterocycles.